The molecule has 10 heteroatoms. The first kappa shape index (κ1) is 24.2. The molecule has 0 aromatic heterocycles. The SMILES string of the molecule is CCCOP1(OCC)(N(CC)CC)OC(C)(C(=O)OC)C(C)(C(=O)OC)O1. The number of carbonyl (C=O) groups is 2. The Morgan fingerprint density at radius 1 is 0.889 bits per heavy atom. The molecule has 0 radical (unpaired) electrons. The number of esters is 2. The van der Waals surface area contributed by atoms with Crippen LogP contribution in [0.15, 0.2) is 0 Å². The Morgan fingerprint density at radius 2 is 1.33 bits per heavy atom. The van der Waals surface area contributed by atoms with Crippen LogP contribution >= 0.6 is 7.66 Å². The van der Waals surface area contributed by atoms with E-state index in [0.717, 1.165) is 0 Å². The van der Waals surface area contributed by atoms with E-state index >= 15 is 0 Å². The number of hydrogen-bond acceptors (Lipinski definition) is 9. The van der Waals surface area contributed by atoms with Crippen molar-refractivity contribution in [2.75, 3.05) is 40.5 Å². The van der Waals surface area contributed by atoms with E-state index < -0.39 is 30.8 Å². The molecule has 1 saturated heterocycles. The molecule has 9 nitrogen and oxygen atoms in total. The monoisotopic (exact) mass is 411 g/mol. The third-order valence-electron chi connectivity index (χ3n) is 4.78. The van der Waals surface area contributed by atoms with Gasteiger partial charge in [0.1, 0.15) is 0 Å². The number of nitrogens with zero attached hydrogens (tertiary/aromatic N) is 1. The molecule has 0 aromatic rings. The molecule has 1 heterocycles. The van der Waals surface area contributed by atoms with Crippen LogP contribution in [0.5, 0.6) is 0 Å². The van der Waals surface area contributed by atoms with E-state index in [-0.39, 0.29) is 13.2 Å². The fourth-order valence-electron chi connectivity index (χ4n) is 3.22. The molecule has 0 spiro atoms. The van der Waals surface area contributed by atoms with E-state index in [1.165, 1.54) is 28.1 Å². The summed E-state index contributed by atoms with van der Waals surface area (Å²) in [5, 5.41) is 0. The summed E-state index contributed by atoms with van der Waals surface area (Å²) in [6.45, 7) is 11.7. The Kier molecular flexibility index (Phi) is 7.78. The molecule has 0 saturated carbocycles. The zero-order valence-electron chi connectivity index (χ0n) is 17.7. The number of methoxy groups -OCH3 is 2. The van der Waals surface area contributed by atoms with Crippen molar-refractivity contribution in [3.05, 3.63) is 0 Å². The molecule has 0 N–H and O–H groups in total. The first-order chi connectivity index (χ1) is 12.6. The normalized spacial score (nSPS) is 30.5. The van der Waals surface area contributed by atoms with E-state index in [2.05, 4.69) is 0 Å². The second-order valence-corrected chi connectivity index (χ2v) is 9.39. The van der Waals surface area contributed by atoms with Crippen molar-refractivity contribution in [2.24, 2.45) is 0 Å². The molecule has 0 aliphatic carbocycles. The minimum absolute atomic E-state index is 0.187. The van der Waals surface area contributed by atoms with Gasteiger partial charge in [0.05, 0.1) is 0 Å². The first-order valence-corrected chi connectivity index (χ1v) is 11.1. The predicted molar refractivity (Wildman–Crippen MR) is 101 cm³/mol. The summed E-state index contributed by atoms with van der Waals surface area (Å²) in [4.78, 5) is 25.5. The standard InChI is InChI=1S/C17H34NO8P/c1-9-13-24-27(23-12-4,18(10-2)11-3)25-16(5,14(19)21-7)17(6,26-27)15(20)22-8/h9-13H2,1-8H3. The molecule has 0 amide bonds. The van der Waals surface area contributed by atoms with Crippen LogP contribution in [0.25, 0.3) is 0 Å². The van der Waals surface area contributed by atoms with Gasteiger partial charge in [-0.15, -0.1) is 0 Å². The molecule has 0 aromatic carbocycles. The summed E-state index contributed by atoms with van der Waals surface area (Å²) >= 11 is 0. The van der Waals surface area contributed by atoms with Gasteiger partial charge in [-0.2, -0.15) is 0 Å². The van der Waals surface area contributed by atoms with E-state index in [1.54, 1.807) is 11.6 Å². The average Bonchev–Trinajstić information content (AvgIpc) is 2.87. The zero-order valence-corrected chi connectivity index (χ0v) is 18.6. The van der Waals surface area contributed by atoms with Crippen LogP contribution in [0.3, 0.4) is 0 Å². The molecule has 1 fully saturated rings. The fraction of sp³-hybridized carbons (Fsp3) is 0.882. The minimum atomic E-state index is -4.54. The van der Waals surface area contributed by atoms with Gasteiger partial charge in [0.2, 0.25) is 0 Å². The Bertz CT molecular complexity index is 525. The maximum atomic E-state index is 12.7. The van der Waals surface area contributed by atoms with Crippen LogP contribution in [0.1, 0.15) is 48.0 Å². The Labute approximate surface area is 161 Å². The van der Waals surface area contributed by atoms with Crippen LogP contribution in [0.2, 0.25) is 0 Å². The van der Waals surface area contributed by atoms with E-state index in [1.807, 2.05) is 20.8 Å². The van der Waals surface area contributed by atoms with Crippen LogP contribution in [-0.4, -0.2) is 68.3 Å². The van der Waals surface area contributed by atoms with Gasteiger partial charge in [0.25, 0.3) is 0 Å². The van der Waals surface area contributed by atoms with Crippen LogP contribution in [0.4, 0.5) is 0 Å². The average molecular weight is 411 g/mol. The van der Waals surface area contributed by atoms with Gasteiger partial charge in [-0.05, 0) is 0 Å². The Hall–Kier alpha value is -0.830. The van der Waals surface area contributed by atoms with Gasteiger partial charge < -0.3 is 0 Å². The molecular weight excluding hydrogens is 377 g/mol. The third-order valence-corrected chi connectivity index (χ3v) is 8.91. The van der Waals surface area contributed by atoms with Crippen molar-refractivity contribution < 1.29 is 37.2 Å². The van der Waals surface area contributed by atoms with Gasteiger partial charge in [0, 0.05) is 0 Å². The molecule has 1 aliphatic heterocycles. The van der Waals surface area contributed by atoms with Gasteiger partial charge in [-0.3, -0.25) is 0 Å². The van der Waals surface area contributed by atoms with Crippen molar-refractivity contribution in [1.29, 1.82) is 0 Å². The van der Waals surface area contributed by atoms with Gasteiger partial charge in [-0.1, -0.05) is 0 Å². The van der Waals surface area contributed by atoms with Crippen molar-refractivity contribution >= 4 is 19.6 Å². The summed E-state index contributed by atoms with van der Waals surface area (Å²) < 4.78 is 36.5. The van der Waals surface area contributed by atoms with Crippen LogP contribution in [0, 0.1) is 0 Å². The summed E-state index contributed by atoms with van der Waals surface area (Å²) in [7, 11) is -2.11. The number of hydrogen-bond donors (Lipinski definition) is 0. The number of ether oxygens (including phenoxy) is 2. The summed E-state index contributed by atoms with van der Waals surface area (Å²) in [6, 6.07) is 0. The molecule has 27 heavy (non-hydrogen) atoms. The van der Waals surface area contributed by atoms with Crippen molar-refractivity contribution in [2.45, 2.75) is 59.2 Å². The zero-order chi connectivity index (χ0) is 21.0. The third kappa shape index (κ3) is 3.61. The Balaban J connectivity index is 3.79. The molecule has 160 valence electrons. The van der Waals surface area contributed by atoms with Crippen LogP contribution < -0.4 is 0 Å². The number of carbonyl (C=O) groups excluding carboxylic acids is 2. The fourth-order valence-corrected chi connectivity index (χ4v) is 7.67. The summed E-state index contributed by atoms with van der Waals surface area (Å²) in [5.41, 5.74) is -3.67. The summed E-state index contributed by atoms with van der Waals surface area (Å²) in [6.07, 6.45) is 0.656. The molecule has 0 bridgehead atoms. The maximum absolute atomic E-state index is 12.7. The van der Waals surface area contributed by atoms with E-state index in [0.29, 0.717) is 19.5 Å². The van der Waals surface area contributed by atoms with Crippen molar-refractivity contribution in [3.8, 4) is 0 Å². The first-order valence-electron chi connectivity index (χ1n) is 9.26. The van der Waals surface area contributed by atoms with Crippen molar-refractivity contribution in [1.82, 2.24) is 4.67 Å². The van der Waals surface area contributed by atoms with Gasteiger partial charge in [0.15, 0.2) is 0 Å². The quantitative estimate of drug-likeness (QED) is 0.397. The molecule has 1 aliphatic rings. The Morgan fingerprint density at radius 3 is 1.63 bits per heavy atom. The molecule has 1 rings (SSSR count). The van der Waals surface area contributed by atoms with Gasteiger partial charge in [-0.25, -0.2) is 0 Å². The van der Waals surface area contributed by atoms with Crippen LogP contribution in [-0.2, 0) is 37.2 Å². The van der Waals surface area contributed by atoms with E-state index in [4.69, 9.17) is 27.6 Å². The number of rotatable bonds is 10. The predicted octanol–water partition coefficient (Wildman–Crippen LogP) is 2.83. The topological polar surface area (TPSA) is 92.8 Å². The molecular formula is C17H34NO8P. The van der Waals surface area contributed by atoms with Crippen molar-refractivity contribution in [3.63, 3.8) is 0 Å². The molecule has 2 atom stereocenters. The second-order valence-electron chi connectivity index (χ2n) is 6.40. The second kappa shape index (κ2) is 8.68. The van der Waals surface area contributed by atoms with Gasteiger partial charge >= 0.3 is 161 Å². The van der Waals surface area contributed by atoms with E-state index in [9.17, 15) is 9.59 Å². The molecule has 2 unspecified atom stereocenters. The summed E-state index contributed by atoms with van der Waals surface area (Å²) in [5.74, 6) is -1.57.